The van der Waals surface area contributed by atoms with E-state index >= 15 is 0 Å². The number of hydrogen-bond donors (Lipinski definition) is 4. The van der Waals surface area contributed by atoms with Crippen LogP contribution in [0, 0.1) is 0 Å². The van der Waals surface area contributed by atoms with E-state index in [1.54, 1.807) is 98.1 Å². The Bertz CT molecular complexity index is 2640. The molecule has 0 aliphatic carbocycles. The van der Waals surface area contributed by atoms with E-state index in [9.17, 15) is 38.4 Å². The first kappa shape index (κ1) is 51.7. The van der Waals surface area contributed by atoms with Gasteiger partial charge in [0.2, 0.25) is 5.91 Å². The molecule has 0 radical (unpaired) electrons. The fourth-order valence-corrected chi connectivity index (χ4v) is 8.73. The van der Waals surface area contributed by atoms with E-state index < -0.39 is 76.1 Å². The van der Waals surface area contributed by atoms with Gasteiger partial charge in [0, 0.05) is 44.2 Å². The van der Waals surface area contributed by atoms with Gasteiger partial charge in [0.25, 0.3) is 34.7 Å². The van der Waals surface area contributed by atoms with E-state index in [0.29, 0.717) is 45.9 Å². The van der Waals surface area contributed by atoms with Crippen molar-refractivity contribution in [3.63, 3.8) is 0 Å². The number of ether oxygens (including phenoxy) is 2. The highest BCUT2D eigenvalue weighted by Crippen LogP contribution is 2.21. The number of aromatic nitrogens is 2. The largest absolute Gasteiger partial charge is 0.444 e. The first-order valence-corrected chi connectivity index (χ1v) is 24.3. The molecule has 2 aliphatic rings. The highest BCUT2D eigenvalue weighted by atomic mass is 32.2. The molecular formula is C46H52N8O12S3. The number of rotatable bonds is 20. The summed E-state index contributed by atoms with van der Waals surface area (Å²) in [7, 11) is 0. The molecule has 4 aromatic rings. The lowest BCUT2D eigenvalue weighted by Gasteiger charge is -2.21. The van der Waals surface area contributed by atoms with Crippen molar-refractivity contribution in [2.45, 2.75) is 45.6 Å². The first-order valence-electron chi connectivity index (χ1n) is 21.7. The van der Waals surface area contributed by atoms with Crippen molar-refractivity contribution < 1.29 is 47.9 Å². The van der Waals surface area contributed by atoms with Crippen LogP contribution >= 0.6 is 35.7 Å². The highest BCUT2D eigenvalue weighted by Gasteiger charge is 2.31. The van der Waals surface area contributed by atoms with E-state index in [0.717, 1.165) is 21.6 Å². The molecule has 1 atom stereocenters. The minimum atomic E-state index is -1.57. The van der Waals surface area contributed by atoms with Crippen LogP contribution in [0.25, 0.3) is 0 Å². The van der Waals surface area contributed by atoms with Crippen LogP contribution in [0.5, 0.6) is 0 Å². The highest BCUT2D eigenvalue weighted by molar-refractivity contribution is 8.23. The molecule has 6 rings (SSSR count). The number of benzene rings is 2. The minimum absolute atomic E-state index is 0.0301. The zero-order chi connectivity index (χ0) is 49.5. The van der Waals surface area contributed by atoms with Crippen molar-refractivity contribution in [1.29, 1.82) is 0 Å². The summed E-state index contributed by atoms with van der Waals surface area (Å²) in [4.78, 5) is 123. The molecule has 69 heavy (non-hydrogen) atoms. The molecule has 2 fully saturated rings. The normalized spacial score (nSPS) is 13.9. The van der Waals surface area contributed by atoms with Gasteiger partial charge in [-0.05, 0) is 56.2 Å². The molecule has 2 aromatic carbocycles. The average molecular weight is 1010 g/mol. The van der Waals surface area contributed by atoms with Gasteiger partial charge < -0.3 is 45.3 Å². The van der Waals surface area contributed by atoms with E-state index in [2.05, 4.69) is 21.3 Å². The molecule has 0 saturated carbocycles. The Hall–Kier alpha value is -6.69. The predicted molar refractivity (Wildman–Crippen MR) is 261 cm³/mol. The van der Waals surface area contributed by atoms with Crippen LogP contribution in [0.1, 0.15) is 73.6 Å². The average Bonchev–Trinajstić information content (AvgIpc) is 4.03. The van der Waals surface area contributed by atoms with Crippen LogP contribution in [0.4, 0.5) is 4.79 Å². The number of pyridine rings is 2. The van der Waals surface area contributed by atoms with Crippen LogP contribution in [-0.2, 0) is 27.5 Å². The molecule has 20 nitrogen and oxygen atoms in total. The Morgan fingerprint density at radius 3 is 1.80 bits per heavy atom. The second kappa shape index (κ2) is 24.5. The number of thiocarbonyl (C=S) groups is 1. The summed E-state index contributed by atoms with van der Waals surface area (Å²) in [5.41, 5.74) is -2.59. The zero-order valence-corrected chi connectivity index (χ0v) is 40.5. The summed E-state index contributed by atoms with van der Waals surface area (Å²) in [6.07, 6.45) is -0.629. The number of alkyl carbamates (subject to hydrolysis) is 1. The molecule has 2 saturated heterocycles. The molecular weight excluding hydrogens is 953 g/mol. The lowest BCUT2D eigenvalue weighted by atomic mass is 10.1. The lowest BCUT2D eigenvalue weighted by molar-refractivity contribution is -0.123. The van der Waals surface area contributed by atoms with Crippen LogP contribution in [-0.4, -0.2) is 134 Å². The Balaban J connectivity index is 1.22. The van der Waals surface area contributed by atoms with Crippen molar-refractivity contribution in [2.24, 2.45) is 0 Å². The predicted octanol–water partition coefficient (Wildman–Crippen LogP) is 2.07. The SMILES string of the molecule is CC(C)(C)OC(=O)NCCOCCNC(=O)C(CNC(=O)c1ccc(C(=O)N2CCSC2=S)n(OCc2ccccc2)c1=O)NC(=O)c1ccc(C(=O)N2CCSC2)n(OCc2ccccc2)c1=O. The van der Waals surface area contributed by atoms with Crippen LogP contribution in [0.2, 0.25) is 0 Å². The molecule has 1 unspecified atom stereocenters. The summed E-state index contributed by atoms with van der Waals surface area (Å²) in [5, 5.41) is 10.2. The van der Waals surface area contributed by atoms with E-state index in [1.807, 2.05) is 0 Å². The van der Waals surface area contributed by atoms with Gasteiger partial charge in [-0.2, -0.15) is 0 Å². The lowest BCUT2D eigenvalue weighted by Crippen LogP contribution is -2.54. The van der Waals surface area contributed by atoms with Crippen LogP contribution in [0.3, 0.4) is 0 Å². The number of carbonyl (C=O) groups is 6. The summed E-state index contributed by atoms with van der Waals surface area (Å²) in [5.74, 6) is -2.29. The topological polar surface area (TPSA) is 238 Å². The fraction of sp³-hybridized carbons (Fsp3) is 0.370. The van der Waals surface area contributed by atoms with Crippen molar-refractivity contribution >= 4 is 75.7 Å². The maximum atomic E-state index is 14.1. The molecule has 0 spiro atoms. The number of carbonyl (C=O) groups excluding carboxylic acids is 6. The van der Waals surface area contributed by atoms with Gasteiger partial charge in [-0.15, -0.1) is 21.2 Å². The Morgan fingerprint density at radius 2 is 1.26 bits per heavy atom. The zero-order valence-electron chi connectivity index (χ0n) is 38.1. The second-order valence-electron chi connectivity index (χ2n) is 16.2. The number of nitrogens with zero attached hydrogens (tertiary/aromatic N) is 4. The summed E-state index contributed by atoms with van der Waals surface area (Å²) >= 11 is 8.19. The van der Waals surface area contributed by atoms with E-state index in [-0.39, 0.29) is 50.9 Å². The molecule has 0 bridgehead atoms. The molecule has 4 N–H and O–H groups in total. The minimum Gasteiger partial charge on any atom is -0.444 e. The van der Waals surface area contributed by atoms with Crippen molar-refractivity contribution in [3.8, 4) is 0 Å². The number of thioether (sulfide) groups is 2. The van der Waals surface area contributed by atoms with E-state index in [1.165, 1.54) is 28.8 Å². The summed E-state index contributed by atoms with van der Waals surface area (Å²) < 4.78 is 12.5. The third kappa shape index (κ3) is 14.4. The van der Waals surface area contributed by atoms with Gasteiger partial charge in [-0.3, -0.25) is 38.5 Å². The van der Waals surface area contributed by atoms with Crippen molar-refractivity contribution in [3.05, 3.63) is 139 Å². The van der Waals surface area contributed by atoms with Gasteiger partial charge in [-0.1, -0.05) is 84.6 Å². The number of amides is 6. The second-order valence-corrected chi connectivity index (χ2v) is 19.0. The van der Waals surface area contributed by atoms with E-state index in [4.69, 9.17) is 31.4 Å². The van der Waals surface area contributed by atoms with Crippen LogP contribution in [0.15, 0.2) is 94.5 Å². The number of hydrogen-bond acceptors (Lipinski definition) is 15. The van der Waals surface area contributed by atoms with Crippen molar-refractivity contribution in [2.75, 3.05) is 63.3 Å². The maximum absolute atomic E-state index is 14.1. The molecule has 366 valence electrons. The monoisotopic (exact) mass is 1000 g/mol. The fourth-order valence-electron chi connectivity index (χ4n) is 6.58. The van der Waals surface area contributed by atoms with Gasteiger partial charge in [0.1, 0.15) is 51.7 Å². The van der Waals surface area contributed by atoms with Crippen LogP contribution < -0.4 is 42.1 Å². The quantitative estimate of drug-likeness (QED) is 0.0733. The van der Waals surface area contributed by atoms with Gasteiger partial charge in [0.05, 0.1) is 19.1 Å². The summed E-state index contributed by atoms with van der Waals surface area (Å²) in [6.45, 7) is 5.11. The molecule has 2 aliphatic heterocycles. The van der Waals surface area contributed by atoms with Gasteiger partial charge >= 0.3 is 6.09 Å². The maximum Gasteiger partial charge on any atom is 0.407 e. The van der Waals surface area contributed by atoms with Gasteiger partial charge in [0.15, 0.2) is 0 Å². The first-order chi connectivity index (χ1) is 33.1. The molecule has 23 heteroatoms. The smallest absolute Gasteiger partial charge is 0.407 e. The molecule has 4 heterocycles. The molecule has 2 aromatic heterocycles. The third-order valence-electron chi connectivity index (χ3n) is 10.0. The summed E-state index contributed by atoms with van der Waals surface area (Å²) in [6, 6.07) is 21.0. The Kier molecular flexibility index (Phi) is 18.4. The molecule has 6 amide bonds. The van der Waals surface area contributed by atoms with Gasteiger partial charge in [-0.25, -0.2) is 4.79 Å². The third-order valence-corrected chi connectivity index (χ3v) is 12.4. The van der Waals surface area contributed by atoms with Crippen molar-refractivity contribution in [1.82, 2.24) is 40.5 Å². The standard InChI is InChI=1S/C46H52N8O12S3/c1-46(2,3)66-44(62)48-19-23-63-22-18-47-39(57)34(50-38(56)33-15-16-35(42(60)51-20-24-68-29-51)53(41(33)59)64-27-30-10-6-4-7-11-30)26-49-37(55)32-14-17-36(43(61)52-21-25-69-45(52)67)54(40(32)58)65-28-31-12-8-5-9-13-31/h4-17,34H,18-29H2,1-3H3,(H,47,57)(H,48,62)(H,49,55)(H,50,56). The Labute approximate surface area is 410 Å². The Morgan fingerprint density at radius 1 is 0.696 bits per heavy atom. The number of nitrogens with one attached hydrogen (secondary N) is 4.